The number of carbonyl (C=O) groups excluding carboxylic acids is 1. The summed E-state index contributed by atoms with van der Waals surface area (Å²) in [7, 11) is 1.64. The Kier molecular flexibility index (Phi) is 18.5. The van der Waals surface area contributed by atoms with Crippen molar-refractivity contribution in [3.63, 3.8) is 0 Å². The van der Waals surface area contributed by atoms with E-state index < -0.39 is 0 Å². The van der Waals surface area contributed by atoms with Crippen LogP contribution in [-0.4, -0.2) is 92.2 Å². The SMILES string of the molecule is C=C(C)C(=O)NCCOCCOCCOCCOCCOCCOC. The molecule has 8 nitrogen and oxygen atoms in total. The second kappa shape index (κ2) is 19.3. The molecule has 0 aromatic heterocycles. The van der Waals surface area contributed by atoms with Gasteiger partial charge in [-0.2, -0.15) is 0 Å². The molecule has 0 bridgehead atoms. The molecule has 0 atom stereocenters. The predicted octanol–water partition coefficient (Wildman–Crippen LogP) is 0.408. The zero-order valence-electron chi connectivity index (χ0n) is 15.6. The van der Waals surface area contributed by atoms with E-state index in [-0.39, 0.29) is 5.91 Å². The van der Waals surface area contributed by atoms with Crippen LogP contribution in [0.5, 0.6) is 0 Å². The summed E-state index contributed by atoms with van der Waals surface area (Å²) in [4.78, 5) is 11.2. The van der Waals surface area contributed by atoms with Gasteiger partial charge in [-0.3, -0.25) is 4.79 Å². The van der Waals surface area contributed by atoms with Crippen molar-refractivity contribution < 1.29 is 33.2 Å². The molecule has 25 heavy (non-hydrogen) atoms. The first-order valence-corrected chi connectivity index (χ1v) is 8.49. The van der Waals surface area contributed by atoms with Gasteiger partial charge in [0.15, 0.2) is 0 Å². The van der Waals surface area contributed by atoms with Gasteiger partial charge < -0.3 is 33.7 Å². The van der Waals surface area contributed by atoms with E-state index in [9.17, 15) is 4.79 Å². The molecular formula is C17H33NO7. The van der Waals surface area contributed by atoms with Crippen molar-refractivity contribution >= 4 is 5.91 Å². The number of hydrogen-bond donors (Lipinski definition) is 1. The second-order valence-corrected chi connectivity index (χ2v) is 5.09. The lowest BCUT2D eigenvalue weighted by atomic mass is 10.3. The van der Waals surface area contributed by atoms with E-state index in [0.717, 1.165) is 0 Å². The van der Waals surface area contributed by atoms with Crippen molar-refractivity contribution in [2.24, 2.45) is 0 Å². The quantitative estimate of drug-likeness (QED) is 0.263. The van der Waals surface area contributed by atoms with Gasteiger partial charge in [0, 0.05) is 19.2 Å². The van der Waals surface area contributed by atoms with E-state index in [1.165, 1.54) is 0 Å². The van der Waals surface area contributed by atoms with Crippen LogP contribution >= 0.6 is 0 Å². The summed E-state index contributed by atoms with van der Waals surface area (Å²) in [5.74, 6) is -0.153. The van der Waals surface area contributed by atoms with Crippen molar-refractivity contribution in [2.45, 2.75) is 6.92 Å². The van der Waals surface area contributed by atoms with Crippen molar-refractivity contribution in [1.29, 1.82) is 0 Å². The highest BCUT2D eigenvalue weighted by molar-refractivity contribution is 5.91. The molecule has 0 saturated heterocycles. The molecule has 0 aromatic carbocycles. The van der Waals surface area contributed by atoms with Crippen molar-refractivity contribution in [1.82, 2.24) is 5.32 Å². The van der Waals surface area contributed by atoms with Gasteiger partial charge in [-0.25, -0.2) is 0 Å². The Morgan fingerprint density at radius 1 is 0.720 bits per heavy atom. The minimum absolute atomic E-state index is 0.153. The molecule has 1 amide bonds. The molecular weight excluding hydrogens is 330 g/mol. The Bertz CT molecular complexity index is 326. The first-order chi connectivity index (χ1) is 12.2. The predicted molar refractivity (Wildman–Crippen MR) is 93.8 cm³/mol. The molecule has 0 aliphatic heterocycles. The van der Waals surface area contributed by atoms with Gasteiger partial charge in [0.1, 0.15) is 0 Å². The fraction of sp³-hybridized carbons (Fsp3) is 0.824. The van der Waals surface area contributed by atoms with Crippen molar-refractivity contribution in [2.75, 3.05) is 86.3 Å². The van der Waals surface area contributed by atoms with Crippen LogP contribution in [0.1, 0.15) is 6.92 Å². The zero-order chi connectivity index (χ0) is 18.6. The van der Waals surface area contributed by atoms with E-state index in [0.29, 0.717) is 84.8 Å². The first-order valence-electron chi connectivity index (χ1n) is 8.49. The van der Waals surface area contributed by atoms with Crippen LogP contribution < -0.4 is 5.32 Å². The maximum Gasteiger partial charge on any atom is 0.246 e. The lowest BCUT2D eigenvalue weighted by Crippen LogP contribution is -2.27. The van der Waals surface area contributed by atoms with E-state index >= 15 is 0 Å². The number of hydrogen-bond acceptors (Lipinski definition) is 7. The lowest BCUT2D eigenvalue weighted by Gasteiger charge is -2.08. The molecule has 8 heteroatoms. The molecule has 0 radical (unpaired) electrons. The number of ether oxygens (including phenoxy) is 6. The monoisotopic (exact) mass is 363 g/mol. The maximum atomic E-state index is 11.2. The fourth-order valence-electron chi connectivity index (χ4n) is 1.51. The Morgan fingerprint density at radius 3 is 1.44 bits per heavy atom. The largest absolute Gasteiger partial charge is 0.382 e. The van der Waals surface area contributed by atoms with Gasteiger partial charge in [0.25, 0.3) is 0 Å². The van der Waals surface area contributed by atoms with Crippen LogP contribution in [0.15, 0.2) is 12.2 Å². The maximum absolute atomic E-state index is 11.2. The van der Waals surface area contributed by atoms with E-state index in [1.54, 1.807) is 14.0 Å². The third kappa shape index (κ3) is 19.1. The van der Waals surface area contributed by atoms with Crippen LogP contribution in [0.2, 0.25) is 0 Å². The molecule has 0 rings (SSSR count). The number of carbonyl (C=O) groups is 1. The van der Waals surface area contributed by atoms with E-state index in [4.69, 9.17) is 28.4 Å². The minimum atomic E-state index is -0.153. The average molecular weight is 363 g/mol. The lowest BCUT2D eigenvalue weighted by molar-refractivity contribution is -0.117. The number of methoxy groups -OCH3 is 1. The van der Waals surface area contributed by atoms with Crippen LogP contribution in [0, 0.1) is 0 Å². The summed E-state index contributed by atoms with van der Waals surface area (Å²) in [5.41, 5.74) is 0.490. The topological polar surface area (TPSA) is 84.5 Å². The number of rotatable bonds is 19. The fourth-order valence-corrected chi connectivity index (χ4v) is 1.51. The molecule has 1 N–H and O–H groups in total. The normalized spacial score (nSPS) is 10.8. The highest BCUT2D eigenvalue weighted by atomic mass is 16.6. The molecule has 0 spiro atoms. The molecule has 0 unspecified atom stereocenters. The molecule has 148 valence electrons. The van der Waals surface area contributed by atoms with Crippen LogP contribution in [0.4, 0.5) is 0 Å². The van der Waals surface area contributed by atoms with Gasteiger partial charge >= 0.3 is 0 Å². The van der Waals surface area contributed by atoms with E-state index in [2.05, 4.69) is 11.9 Å². The van der Waals surface area contributed by atoms with E-state index in [1.807, 2.05) is 0 Å². The van der Waals surface area contributed by atoms with Crippen molar-refractivity contribution in [3.8, 4) is 0 Å². The molecule has 0 aliphatic carbocycles. The Balaban J connectivity index is 3.05. The highest BCUT2D eigenvalue weighted by Crippen LogP contribution is 1.86. The Labute approximate surface area is 150 Å². The molecule has 0 fully saturated rings. The van der Waals surface area contributed by atoms with Gasteiger partial charge in [0.2, 0.25) is 5.91 Å². The summed E-state index contributed by atoms with van der Waals surface area (Å²) < 4.78 is 31.5. The summed E-state index contributed by atoms with van der Waals surface area (Å²) in [6.07, 6.45) is 0. The number of amides is 1. The van der Waals surface area contributed by atoms with Gasteiger partial charge in [0.05, 0.1) is 72.7 Å². The van der Waals surface area contributed by atoms with Crippen LogP contribution in [0.25, 0.3) is 0 Å². The summed E-state index contributed by atoms with van der Waals surface area (Å²) in [6.45, 7) is 11.5. The summed E-state index contributed by atoms with van der Waals surface area (Å²) in [6, 6.07) is 0. The average Bonchev–Trinajstić information content (AvgIpc) is 2.60. The minimum Gasteiger partial charge on any atom is -0.382 e. The summed E-state index contributed by atoms with van der Waals surface area (Å²) in [5, 5.41) is 2.68. The zero-order valence-corrected chi connectivity index (χ0v) is 15.6. The third-order valence-corrected chi connectivity index (χ3v) is 2.84. The first kappa shape index (κ1) is 24.0. The molecule has 0 heterocycles. The van der Waals surface area contributed by atoms with Gasteiger partial charge in [-0.05, 0) is 6.92 Å². The smallest absolute Gasteiger partial charge is 0.246 e. The molecule has 0 aliphatic rings. The Morgan fingerprint density at radius 2 is 1.08 bits per heavy atom. The second-order valence-electron chi connectivity index (χ2n) is 5.09. The van der Waals surface area contributed by atoms with Crippen molar-refractivity contribution in [3.05, 3.63) is 12.2 Å². The van der Waals surface area contributed by atoms with Crippen LogP contribution in [0.3, 0.4) is 0 Å². The summed E-state index contributed by atoms with van der Waals surface area (Å²) >= 11 is 0. The van der Waals surface area contributed by atoms with Gasteiger partial charge in [-0.1, -0.05) is 6.58 Å². The van der Waals surface area contributed by atoms with Gasteiger partial charge in [-0.15, -0.1) is 0 Å². The number of nitrogens with one attached hydrogen (secondary N) is 1. The standard InChI is InChI=1S/C17H33NO7/c1-16(2)17(19)18-4-5-21-8-9-23-12-13-25-15-14-24-11-10-22-7-6-20-3/h1,4-15H2,2-3H3,(H,18,19). The highest BCUT2D eigenvalue weighted by Gasteiger charge is 1.99. The Hall–Kier alpha value is -1.03. The van der Waals surface area contributed by atoms with Crippen LogP contribution in [-0.2, 0) is 33.2 Å². The molecule has 0 saturated carbocycles. The molecule has 0 aromatic rings. The third-order valence-electron chi connectivity index (χ3n) is 2.84.